The van der Waals surface area contributed by atoms with Crippen molar-refractivity contribution in [3.63, 3.8) is 0 Å². The summed E-state index contributed by atoms with van der Waals surface area (Å²) in [6, 6.07) is 0. The van der Waals surface area contributed by atoms with Crippen molar-refractivity contribution in [3.05, 3.63) is 16.7 Å². The average molecular weight is 623 g/mol. The Morgan fingerprint density at radius 1 is 1.15 bits per heavy atom. The van der Waals surface area contributed by atoms with Crippen molar-refractivity contribution in [1.29, 1.82) is 0 Å². The van der Waals surface area contributed by atoms with Crippen LogP contribution in [0.1, 0.15) is 6.23 Å². The van der Waals surface area contributed by atoms with Crippen LogP contribution in [0, 0.1) is 0 Å². The highest BCUT2D eigenvalue weighted by Crippen LogP contribution is 2.58. The molecule has 24 heteroatoms. The number of hydrogen-bond donors (Lipinski definition) is 12. The topological polar surface area (TPSA) is 371 Å². The van der Waals surface area contributed by atoms with Crippen LogP contribution in [-0.4, -0.2) is 132 Å². The van der Waals surface area contributed by atoms with E-state index in [-0.39, 0.29) is 23.4 Å². The van der Waals surface area contributed by atoms with Crippen LogP contribution in [0.3, 0.4) is 0 Å². The van der Waals surface area contributed by atoms with E-state index in [2.05, 4.69) is 23.8 Å². The van der Waals surface area contributed by atoms with Crippen LogP contribution in [-0.2, 0) is 27.5 Å². The molecule has 5 unspecified atom stereocenters. The molecular formula is C16H27N5O17P2. The minimum absolute atomic E-state index is 0.0388. The minimum Gasteiger partial charge on any atom is -0.394 e. The van der Waals surface area contributed by atoms with E-state index >= 15 is 0 Å². The number of nitrogens with two attached hydrogens (primary N) is 1. The van der Waals surface area contributed by atoms with Gasteiger partial charge in [0.25, 0.3) is 5.56 Å². The first-order chi connectivity index (χ1) is 18.5. The largest absolute Gasteiger partial charge is 0.481 e. The fraction of sp³-hybridized carbons (Fsp3) is 0.625. The predicted octanol–water partition coefficient (Wildman–Crippen LogP) is -5.83. The summed E-state index contributed by atoms with van der Waals surface area (Å²) in [6.07, 6.45) is -12.0. The van der Waals surface area contributed by atoms with E-state index in [0.29, 0.717) is 0 Å². The molecule has 1 saturated heterocycles. The summed E-state index contributed by atoms with van der Waals surface area (Å²) in [6.45, 7) is -1.45. The second-order valence-electron chi connectivity index (χ2n) is 7.98. The van der Waals surface area contributed by atoms with Crippen molar-refractivity contribution in [1.82, 2.24) is 19.5 Å². The summed E-state index contributed by atoms with van der Waals surface area (Å²) in [5, 5.41) is 64.9. The lowest BCUT2D eigenvalue weighted by atomic mass is 10.0. The maximum Gasteiger partial charge on any atom is 0.481 e. The molecule has 13 N–H and O–H groups in total. The molecule has 1 fully saturated rings. The fourth-order valence-electron chi connectivity index (χ4n) is 3.24. The Morgan fingerprint density at radius 2 is 1.77 bits per heavy atom. The number of nitrogens with one attached hydrogen (secondary N) is 1. The number of fused-ring (bicyclic) bond motifs is 1. The molecule has 0 aliphatic carbocycles. The van der Waals surface area contributed by atoms with Gasteiger partial charge in [-0.3, -0.25) is 18.9 Å². The molecule has 2 aromatic rings. The number of phosphoric ester groups is 1. The van der Waals surface area contributed by atoms with Crippen LogP contribution in [0.4, 0.5) is 5.95 Å². The second-order valence-corrected chi connectivity index (χ2v) is 10.8. The number of aliphatic hydroxyl groups excluding tert-OH is 7. The number of hydrogen-bond acceptors (Lipinski definition) is 17. The molecule has 1 aliphatic heterocycles. The average Bonchev–Trinajstić information content (AvgIpc) is 3.40. The van der Waals surface area contributed by atoms with E-state index in [4.69, 9.17) is 40.5 Å². The molecule has 0 amide bonds. The lowest BCUT2D eigenvalue weighted by Crippen LogP contribution is -2.47. The summed E-state index contributed by atoms with van der Waals surface area (Å²) in [7, 11) is -10.8. The molecule has 0 radical (unpaired) electrons. The molecule has 3 rings (SSSR count). The number of anilines is 1. The molecule has 0 saturated carbocycles. The van der Waals surface area contributed by atoms with E-state index in [1.165, 1.54) is 10.9 Å². The summed E-state index contributed by atoms with van der Waals surface area (Å²) in [5.41, 5.74) is 5.12. The van der Waals surface area contributed by atoms with Crippen molar-refractivity contribution in [2.75, 3.05) is 18.9 Å². The van der Waals surface area contributed by atoms with Crippen LogP contribution >= 0.6 is 15.6 Å². The number of carbonyl (C=O) groups excluding carboxylic acids is 1. The molecule has 0 spiro atoms. The second kappa shape index (κ2) is 13.6. The molecule has 228 valence electrons. The Kier molecular flexibility index (Phi) is 11.6. The molecule has 0 bridgehead atoms. The van der Waals surface area contributed by atoms with Crippen LogP contribution in [0.5, 0.6) is 0 Å². The van der Waals surface area contributed by atoms with Gasteiger partial charge in [0.1, 0.15) is 36.6 Å². The van der Waals surface area contributed by atoms with Crippen LogP contribution in [0.2, 0.25) is 0 Å². The summed E-state index contributed by atoms with van der Waals surface area (Å²) in [5.74, 6) is -0.101. The van der Waals surface area contributed by atoms with Gasteiger partial charge in [0, 0.05) is 0 Å². The standard InChI is InChI=1S/C10H13N5O5.C6H14O12P2/c11-10-13-7-4(8(19)14-10)12-2-15(7)9-6(18)5(17)3(1-16)20-9;7-1-3(9)5(10)6(11)4(2-8)17-20(15,16)18-19(12,13)14/h2-3,5-6,9,16-18H,1H2,(H3,11,13,14,19);2-7,9-11H,1H2,(H,15,16)(H2,12,13,14)/t3-,5-,6-,9-;/m1./s1. The SMILES string of the molecule is Nc1nc2c(ncn2[C@@H]2O[C@H](CO)[C@@H](O)[C@H]2O)c(=O)[nH]1.O=CC(OP(=O)(O)OP(=O)(O)O)C(O)C(O)C(O)CO. The zero-order valence-corrected chi connectivity index (χ0v) is 21.6. The molecular weight excluding hydrogens is 596 g/mol. The number of aromatic nitrogens is 4. The molecule has 40 heavy (non-hydrogen) atoms. The molecule has 3 heterocycles. The zero-order valence-electron chi connectivity index (χ0n) is 19.8. The van der Waals surface area contributed by atoms with Crippen LogP contribution in [0.25, 0.3) is 11.2 Å². The van der Waals surface area contributed by atoms with E-state index in [0.717, 1.165) is 0 Å². The third kappa shape index (κ3) is 8.39. The number of rotatable bonds is 11. The zero-order chi connectivity index (χ0) is 30.6. The molecule has 0 aromatic carbocycles. The Morgan fingerprint density at radius 3 is 2.27 bits per heavy atom. The van der Waals surface area contributed by atoms with Crippen molar-refractivity contribution >= 4 is 39.0 Å². The quantitative estimate of drug-likeness (QED) is 0.0818. The Labute approximate surface area is 221 Å². The first-order valence-corrected chi connectivity index (χ1v) is 13.7. The highest BCUT2D eigenvalue weighted by molar-refractivity contribution is 7.60. The third-order valence-electron chi connectivity index (χ3n) is 5.11. The summed E-state index contributed by atoms with van der Waals surface area (Å²) < 4.78 is 35.5. The first kappa shape index (κ1) is 34.0. The summed E-state index contributed by atoms with van der Waals surface area (Å²) in [4.78, 5) is 57.9. The molecule has 1 aliphatic rings. The number of ether oxygens (including phenoxy) is 1. The number of aromatic amines is 1. The lowest BCUT2D eigenvalue weighted by Gasteiger charge is -2.26. The van der Waals surface area contributed by atoms with Gasteiger partial charge in [0.05, 0.1) is 19.5 Å². The van der Waals surface area contributed by atoms with Crippen LogP contribution < -0.4 is 11.3 Å². The maximum absolute atomic E-state index is 11.7. The number of nitrogens with zero attached hydrogens (tertiary/aromatic N) is 3. The Hall–Kier alpha value is -2.24. The van der Waals surface area contributed by atoms with Crippen molar-refractivity contribution in [2.24, 2.45) is 0 Å². The number of H-pyrrole nitrogens is 1. The normalized spacial score (nSPS) is 25.9. The highest BCUT2D eigenvalue weighted by atomic mass is 31.3. The number of phosphoric acid groups is 2. The molecule has 2 aromatic heterocycles. The van der Waals surface area contributed by atoms with Gasteiger partial charge in [-0.25, -0.2) is 14.1 Å². The third-order valence-corrected chi connectivity index (χ3v) is 7.29. The van der Waals surface area contributed by atoms with Gasteiger partial charge in [-0.05, 0) is 0 Å². The van der Waals surface area contributed by atoms with E-state index < -0.39 is 83.4 Å². The fourth-order valence-corrected chi connectivity index (χ4v) is 4.96. The van der Waals surface area contributed by atoms with Gasteiger partial charge in [-0.1, -0.05) is 0 Å². The Bertz CT molecular complexity index is 1300. The van der Waals surface area contributed by atoms with E-state index in [1.54, 1.807) is 0 Å². The number of nitrogen functional groups attached to an aromatic ring is 1. The van der Waals surface area contributed by atoms with Gasteiger partial charge in [0.2, 0.25) is 5.95 Å². The van der Waals surface area contributed by atoms with E-state index in [1.807, 2.05) is 0 Å². The number of aldehydes is 1. The van der Waals surface area contributed by atoms with Crippen molar-refractivity contribution in [2.45, 2.75) is 49.0 Å². The van der Waals surface area contributed by atoms with Gasteiger partial charge in [0.15, 0.2) is 29.8 Å². The highest BCUT2D eigenvalue weighted by Gasteiger charge is 2.44. The van der Waals surface area contributed by atoms with Gasteiger partial charge < -0.3 is 65.7 Å². The minimum atomic E-state index is -5.43. The molecule has 22 nitrogen and oxygen atoms in total. The van der Waals surface area contributed by atoms with E-state index in [9.17, 15) is 39.1 Å². The lowest BCUT2D eigenvalue weighted by molar-refractivity contribution is -0.134. The van der Waals surface area contributed by atoms with Gasteiger partial charge in [-0.15, -0.1) is 0 Å². The number of imidazole rings is 1. The predicted molar refractivity (Wildman–Crippen MR) is 125 cm³/mol. The van der Waals surface area contributed by atoms with Crippen LogP contribution in [0.15, 0.2) is 11.1 Å². The first-order valence-electron chi connectivity index (χ1n) is 10.7. The molecule has 9 atom stereocenters. The maximum atomic E-state index is 11.7. The Balaban J connectivity index is 0.000000280. The van der Waals surface area contributed by atoms with Crippen molar-refractivity contribution < 1.29 is 77.9 Å². The number of aliphatic hydroxyl groups is 7. The monoisotopic (exact) mass is 623 g/mol. The smallest absolute Gasteiger partial charge is 0.394 e. The van der Waals surface area contributed by atoms with Crippen molar-refractivity contribution in [3.8, 4) is 0 Å². The van der Waals surface area contributed by atoms with Gasteiger partial charge in [-0.2, -0.15) is 9.29 Å². The summed E-state index contributed by atoms with van der Waals surface area (Å²) >= 11 is 0. The van der Waals surface area contributed by atoms with Gasteiger partial charge >= 0.3 is 15.6 Å². The number of carbonyl (C=O) groups is 1.